The van der Waals surface area contributed by atoms with E-state index in [1.165, 1.54) is 0 Å². The number of amides is 1. The Morgan fingerprint density at radius 1 is 1.16 bits per heavy atom. The van der Waals surface area contributed by atoms with Gasteiger partial charge >= 0.3 is 0 Å². The van der Waals surface area contributed by atoms with Crippen molar-refractivity contribution in [2.45, 2.75) is 13.5 Å². The number of methoxy groups -OCH3 is 2. The van der Waals surface area contributed by atoms with Gasteiger partial charge in [-0.1, -0.05) is 35.9 Å². The molecule has 0 aliphatic rings. The zero-order valence-electron chi connectivity index (χ0n) is 14.2. The monoisotopic (exact) mass is 359 g/mol. The molecule has 0 atom stereocenters. The van der Waals surface area contributed by atoms with Crippen molar-refractivity contribution in [1.29, 1.82) is 0 Å². The second-order valence-electron chi connectivity index (χ2n) is 5.51. The summed E-state index contributed by atoms with van der Waals surface area (Å²) in [5.41, 5.74) is 2.08. The van der Waals surface area contributed by atoms with Crippen molar-refractivity contribution in [2.75, 3.05) is 14.2 Å². The molecule has 0 spiro atoms. The van der Waals surface area contributed by atoms with Gasteiger partial charge in [0, 0.05) is 23.1 Å². The normalized spacial score (nSPS) is 10.7. The highest BCUT2D eigenvalue weighted by molar-refractivity contribution is 6.35. The van der Waals surface area contributed by atoms with E-state index in [-0.39, 0.29) is 18.2 Å². The third kappa shape index (κ3) is 3.15. The molecule has 25 heavy (non-hydrogen) atoms. The number of hydrogen-bond donors (Lipinski definition) is 1. The second kappa shape index (κ2) is 7.07. The van der Waals surface area contributed by atoms with E-state index in [9.17, 15) is 4.79 Å². The van der Waals surface area contributed by atoms with Crippen molar-refractivity contribution < 1.29 is 18.7 Å². The van der Waals surface area contributed by atoms with Crippen LogP contribution in [0.15, 0.2) is 40.8 Å². The number of halogens is 1. The Hall–Kier alpha value is -2.66. The Morgan fingerprint density at radius 2 is 1.92 bits per heavy atom. The molecular weight excluding hydrogens is 342 g/mol. The van der Waals surface area contributed by atoms with Gasteiger partial charge in [-0.05, 0) is 19.1 Å². The number of ether oxygens (including phenoxy) is 2. The molecule has 1 amide bonds. The Balaban J connectivity index is 1.85. The van der Waals surface area contributed by atoms with Crippen LogP contribution in [0.25, 0.3) is 11.0 Å². The lowest BCUT2D eigenvalue weighted by atomic mass is 10.1. The maximum Gasteiger partial charge on any atom is 0.287 e. The molecule has 0 fully saturated rings. The minimum atomic E-state index is -0.311. The van der Waals surface area contributed by atoms with Crippen LogP contribution in [0.3, 0.4) is 0 Å². The van der Waals surface area contributed by atoms with Crippen molar-refractivity contribution in [3.05, 3.63) is 58.3 Å². The fourth-order valence-electron chi connectivity index (χ4n) is 2.77. The zero-order chi connectivity index (χ0) is 18.0. The third-order valence-corrected chi connectivity index (χ3v) is 4.34. The minimum absolute atomic E-state index is 0.255. The fourth-order valence-corrected chi connectivity index (χ4v) is 2.99. The number of nitrogens with one attached hydrogen (secondary N) is 1. The van der Waals surface area contributed by atoms with Gasteiger partial charge in [0.25, 0.3) is 5.91 Å². The Kier molecular flexibility index (Phi) is 4.86. The number of hydrogen-bond acceptors (Lipinski definition) is 4. The highest BCUT2D eigenvalue weighted by Gasteiger charge is 2.19. The topological polar surface area (TPSA) is 60.7 Å². The van der Waals surface area contributed by atoms with E-state index < -0.39 is 0 Å². The molecule has 5 nitrogen and oxygen atoms in total. The maximum atomic E-state index is 12.6. The smallest absolute Gasteiger partial charge is 0.287 e. The van der Waals surface area contributed by atoms with Crippen LogP contribution in [0.5, 0.6) is 11.5 Å². The molecule has 0 saturated carbocycles. The Labute approximate surface area is 150 Å². The van der Waals surface area contributed by atoms with Gasteiger partial charge in [-0.3, -0.25) is 4.79 Å². The average molecular weight is 360 g/mol. The van der Waals surface area contributed by atoms with Gasteiger partial charge in [0.05, 0.1) is 19.2 Å². The summed E-state index contributed by atoms with van der Waals surface area (Å²) >= 11 is 6.14. The van der Waals surface area contributed by atoms with Crippen LogP contribution in [0, 0.1) is 6.92 Å². The lowest BCUT2D eigenvalue weighted by molar-refractivity contribution is 0.0924. The first-order chi connectivity index (χ1) is 12.1. The summed E-state index contributed by atoms with van der Waals surface area (Å²) in [7, 11) is 3.14. The molecule has 130 valence electrons. The van der Waals surface area contributed by atoms with Gasteiger partial charge in [0.2, 0.25) is 0 Å². The molecule has 0 unspecified atom stereocenters. The lowest BCUT2D eigenvalue weighted by Gasteiger charge is -2.12. The highest BCUT2D eigenvalue weighted by atomic mass is 35.5. The number of fused-ring (bicyclic) bond motifs is 1. The summed E-state index contributed by atoms with van der Waals surface area (Å²) in [4.78, 5) is 12.6. The van der Waals surface area contributed by atoms with Crippen LogP contribution in [0.1, 0.15) is 21.7 Å². The molecule has 6 heteroatoms. The average Bonchev–Trinajstić information content (AvgIpc) is 2.97. The molecule has 1 heterocycles. The first-order valence-corrected chi connectivity index (χ1v) is 8.10. The Morgan fingerprint density at radius 3 is 2.60 bits per heavy atom. The Bertz CT molecular complexity index is 933. The number of aryl methyl sites for hydroxylation is 1. The molecule has 0 aliphatic carbocycles. The van der Waals surface area contributed by atoms with E-state index in [1.807, 2.05) is 31.2 Å². The molecule has 2 aromatic carbocycles. The van der Waals surface area contributed by atoms with E-state index in [0.717, 1.165) is 16.5 Å². The molecule has 0 radical (unpaired) electrons. The first-order valence-electron chi connectivity index (χ1n) is 7.72. The molecule has 0 saturated heterocycles. The van der Waals surface area contributed by atoms with Gasteiger partial charge in [0.15, 0.2) is 22.8 Å². The predicted octanol–water partition coefficient (Wildman–Crippen LogP) is 4.34. The lowest BCUT2D eigenvalue weighted by Crippen LogP contribution is -2.23. The summed E-state index contributed by atoms with van der Waals surface area (Å²) < 4.78 is 16.3. The summed E-state index contributed by atoms with van der Waals surface area (Å²) in [5.74, 6) is 1.15. The number of para-hydroxylation sites is 2. The quantitative estimate of drug-likeness (QED) is 0.736. The van der Waals surface area contributed by atoms with Crippen LogP contribution >= 0.6 is 11.6 Å². The van der Waals surface area contributed by atoms with Crippen molar-refractivity contribution >= 4 is 28.5 Å². The first kappa shape index (κ1) is 17.2. The standard InChI is InChI=1S/C19H18ClNO4/c1-11-13-7-5-8-14(20)18(13)25-16(11)19(22)21-10-12-6-4-9-15(23-2)17(12)24-3/h4-9H,10H2,1-3H3,(H,21,22). The molecular formula is C19H18ClNO4. The molecule has 0 bridgehead atoms. The summed E-state index contributed by atoms with van der Waals surface area (Å²) in [5, 5.41) is 4.16. The van der Waals surface area contributed by atoms with Crippen LogP contribution in [-0.4, -0.2) is 20.1 Å². The van der Waals surface area contributed by atoms with Crippen LogP contribution in [-0.2, 0) is 6.54 Å². The van der Waals surface area contributed by atoms with E-state index in [0.29, 0.717) is 22.1 Å². The molecule has 3 aromatic rings. The largest absolute Gasteiger partial charge is 0.493 e. The van der Waals surface area contributed by atoms with E-state index in [1.54, 1.807) is 26.4 Å². The van der Waals surface area contributed by atoms with E-state index in [2.05, 4.69) is 5.32 Å². The van der Waals surface area contributed by atoms with Gasteiger partial charge in [0.1, 0.15) is 0 Å². The van der Waals surface area contributed by atoms with Crippen molar-refractivity contribution in [1.82, 2.24) is 5.32 Å². The van der Waals surface area contributed by atoms with Gasteiger partial charge in [-0.25, -0.2) is 0 Å². The summed E-state index contributed by atoms with van der Waals surface area (Å²) in [6, 6.07) is 10.9. The SMILES string of the molecule is COc1cccc(CNC(=O)c2oc3c(Cl)cccc3c2C)c1OC. The molecule has 1 N–H and O–H groups in total. The van der Waals surface area contributed by atoms with Crippen LogP contribution < -0.4 is 14.8 Å². The maximum absolute atomic E-state index is 12.6. The number of rotatable bonds is 5. The van der Waals surface area contributed by atoms with Crippen molar-refractivity contribution in [2.24, 2.45) is 0 Å². The predicted molar refractivity (Wildman–Crippen MR) is 96.7 cm³/mol. The number of benzene rings is 2. The third-order valence-electron chi connectivity index (χ3n) is 4.05. The zero-order valence-corrected chi connectivity index (χ0v) is 14.9. The second-order valence-corrected chi connectivity index (χ2v) is 5.92. The fraction of sp³-hybridized carbons (Fsp3) is 0.211. The summed E-state index contributed by atoms with van der Waals surface area (Å²) in [6.07, 6.45) is 0. The van der Waals surface area contributed by atoms with Gasteiger partial charge < -0.3 is 19.2 Å². The number of furan rings is 1. The highest BCUT2D eigenvalue weighted by Crippen LogP contribution is 2.32. The summed E-state index contributed by atoms with van der Waals surface area (Å²) in [6.45, 7) is 2.12. The van der Waals surface area contributed by atoms with Crippen molar-refractivity contribution in [3.8, 4) is 11.5 Å². The number of carbonyl (C=O) groups excluding carboxylic acids is 1. The minimum Gasteiger partial charge on any atom is -0.493 e. The van der Waals surface area contributed by atoms with Crippen LogP contribution in [0.4, 0.5) is 0 Å². The molecule has 3 rings (SSSR count). The molecule has 0 aliphatic heterocycles. The van der Waals surface area contributed by atoms with Crippen LogP contribution in [0.2, 0.25) is 5.02 Å². The number of carbonyl (C=O) groups is 1. The van der Waals surface area contributed by atoms with Crippen molar-refractivity contribution in [3.63, 3.8) is 0 Å². The van der Waals surface area contributed by atoms with Gasteiger partial charge in [-0.2, -0.15) is 0 Å². The van der Waals surface area contributed by atoms with Gasteiger partial charge in [-0.15, -0.1) is 0 Å². The van der Waals surface area contributed by atoms with E-state index in [4.69, 9.17) is 25.5 Å². The molecule has 1 aromatic heterocycles. The van der Waals surface area contributed by atoms with E-state index >= 15 is 0 Å².